The van der Waals surface area contributed by atoms with Crippen LogP contribution < -0.4 is 5.73 Å². The largest absolute Gasteiger partial charge is 0.384 e. The van der Waals surface area contributed by atoms with Crippen LogP contribution in [0, 0.1) is 11.3 Å². The molecular weight excluding hydrogens is 226 g/mol. The van der Waals surface area contributed by atoms with Gasteiger partial charge in [0, 0.05) is 19.5 Å². The highest BCUT2D eigenvalue weighted by Crippen LogP contribution is 1.99. The zero-order valence-electron chi connectivity index (χ0n) is 11.3. The summed E-state index contributed by atoms with van der Waals surface area (Å²) in [6.07, 6.45) is 7.19. The summed E-state index contributed by atoms with van der Waals surface area (Å²) in [6, 6.07) is 3.87. The van der Waals surface area contributed by atoms with E-state index < -0.39 is 0 Å². The maximum absolute atomic E-state index is 8.12. The molecule has 2 N–H and O–H groups in total. The van der Waals surface area contributed by atoms with Crippen LogP contribution >= 0.6 is 0 Å². The lowest BCUT2D eigenvalue weighted by Gasteiger charge is -1.98. The predicted molar refractivity (Wildman–Crippen MR) is 75.4 cm³/mol. The summed E-state index contributed by atoms with van der Waals surface area (Å²) in [4.78, 5) is 4.05. The van der Waals surface area contributed by atoms with E-state index in [0.29, 0.717) is 6.42 Å². The molecule has 0 radical (unpaired) electrons. The first-order chi connectivity index (χ1) is 8.76. The molecule has 5 nitrogen and oxygen atoms in total. The van der Waals surface area contributed by atoms with E-state index >= 15 is 0 Å². The van der Waals surface area contributed by atoms with Crippen LogP contribution in [0.25, 0.3) is 0 Å². The number of nitriles is 1. The topological polar surface area (TPSA) is 80.0 Å². The normalized spacial score (nSPS) is 9.83. The van der Waals surface area contributed by atoms with Crippen molar-refractivity contribution >= 4 is 12.0 Å². The zero-order valence-corrected chi connectivity index (χ0v) is 11.3. The van der Waals surface area contributed by atoms with E-state index in [1.807, 2.05) is 13.1 Å². The minimum absolute atomic E-state index is 0.626. The van der Waals surface area contributed by atoms with Crippen molar-refractivity contribution in [1.82, 2.24) is 9.78 Å². The van der Waals surface area contributed by atoms with Crippen LogP contribution in [0.5, 0.6) is 0 Å². The number of aryl methyl sites for hydroxylation is 1. The van der Waals surface area contributed by atoms with Gasteiger partial charge in [0.05, 0.1) is 12.3 Å². The highest BCUT2D eigenvalue weighted by Gasteiger charge is 1.92. The third-order valence-electron chi connectivity index (χ3n) is 2.07. The quantitative estimate of drug-likeness (QED) is 0.621. The second-order valence-electron chi connectivity index (χ2n) is 3.74. The standard InChI is InChI=1S/C7H12N2.C6H11N3/c1-2-6-9-7-4-3-5-8;1-2-5-9-6(7)3-4-8-9/h6H,2-4,7H2,1H3;3-4H,2,5,7H2,1H3. The molecule has 0 saturated carbocycles. The number of nitrogens with two attached hydrogens (primary N) is 1. The second kappa shape index (κ2) is 11.6. The summed E-state index contributed by atoms with van der Waals surface area (Å²) < 4.78 is 1.79. The van der Waals surface area contributed by atoms with Gasteiger partial charge in [0.1, 0.15) is 5.82 Å². The summed E-state index contributed by atoms with van der Waals surface area (Å²) >= 11 is 0. The molecule has 0 spiro atoms. The van der Waals surface area contributed by atoms with Gasteiger partial charge in [0.15, 0.2) is 0 Å². The Morgan fingerprint density at radius 2 is 2.33 bits per heavy atom. The van der Waals surface area contributed by atoms with Crippen molar-refractivity contribution in [2.24, 2.45) is 4.99 Å². The van der Waals surface area contributed by atoms with Gasteiger partial charge in [-0.05, 0) is 31.5 Å². The molecule has 0 aliphatic heterocycles. The van der Waals surface area contributed by atoms with Crippen molar-refractivity contribution in [2.45, 2.75) is 46.1 Å². The van der Waals surface area contributed by atoms with Gasteiger partial charge in [-0.1, -0.05) is 13.8 Å². The summed E-state index contributed by atoms with van der Waals surface area (Å²) in [6.45, 7) is 5.87. The van der Waals surface area contributed by atoms with Crippen LogP contribution in [0.4, 0.5) is 5.82 Å². The van der Waals surface area contributed by atoms with Crippen molar-refractivity contribution < 1.29 is 0 Å². The van der Waals surface area contributed by atoms with Gasteiger partial charge in [-0.2, -0.15) is 10.4 Å². The number of unbranched alkanes of at least 4 members (excludes halogenated alkanes) is 1. The first kappa shape index (κ1) is 16.2. The Kier molecular flexibility index (Phi) is 10.5. The minimum Gasteiger partial charge on any atom is -0.384 e. The monoisotopic (exact) mass is 249 g/mol. The Morgan fingerprint density at radius 1 is 1.56 bits per heavy atom. The highest BCUT2D eigenvalue weighted by atomic mass is 15.3. The number of rotatable bonds is 6. The molecule has 0 aromatic carbocycles. The van der Waals surface area contributed by atoms with Crippen LogP contribution in [0.3, 0.4) is 0 Å². The molecule has 1 aromatic rings. The maximum atomic E-state index is 8.12. The molecule has 1 heterocycles. The molecule has 0 amide bonds. The fourth-order valence-corrected chi connectivity index (χ4v) is 1.21. The lowest BCUT2D eigenvalue weighted by atomic mass is 10.3. The first-order valence-corrected chi connectivity index (χ1v) is 6.38. The Hall–Kier alpha value is -1.83. The van der Waals surface area contributed by atoms with Crippen LogP contribution in [0.2, 0.25) is 0 Å². The molecule has 100 valence electrons. The van der Waals surface area contributed by atoms with Crippen LogP contribution in [-0.2, 0) is 6.54 Å². The van der Waals surface area contributed by atoms with Gasteiger partial charge >= 0.3 is 0 Å². The molecule has 0 saturated heterocycles. The van der Waals surface area contributed by atoms with Gasteiger partial charge in [0.2, 0.25) is 0 Å². The molecule has 0 fully saturated rings. The molecule has 5 heteroatoms. The number of nitrogen functional groups attached to an aromatic ring is 1. The van der Waals surface area contributed by atoms with Crippen molar-refractivity contribution in [2.75, 3.05) is 12.3 Å². The summed E-state index contributed by atoms with van der Waals surface area (Å²) in [7, 11) is 0. The molecule has 1 aromatic heterocycles. The Bertz CT molecular complexity index is 362. The van der Waals surface area contributed by atoms with Crippen molar-refractivity contribution in [3.63, 3.8) is 0 Å². The Morgan fingerprint density at radius 3 is 2.83 bits per heavy atom. The van der Waals surface area contributed by atoms with Crippen LogP contribution in [0.15, 0.2) is 17.3 Å². The predicted octanol–water partition coefficient (Wildman–Crippen LogP) is 2.65. The smallest absolute Gasteiger partial charge is 0.121 e. The molecule has 0 unspecified atom stereocenters. The van der Waals surface area contributed by atoms with Crippen molar-refractivity contribution in [3.05, 3.63) is 12.3 Å². The van der Waals surface area contributed by atoms with E-state index in [-0.39, 0.29) is 0 Å². The second-order valence-corrected chi connectivity index (χ2v) is 3.74. The van der Waals surface area contributed by atoms with E-state index in [9.17, 15) is 0 Å². The molecule has 1 rings (SSSR count). The van der Waals surface area contributed by atoms with Crippen molar-refractivity contribution in [3.8, 4) is 6.07 Å². The Labute approximate surface area is 109 Å². The third kappa shape index (κ3) is 8.34. The molecule has 18 heavy (non-hydrogen) atoms. The number of aliphatic imine (C=N–C) groups is 1. The summed E-state index contributed by atoms with van der Waals surface area (Å²) in [5.74, 6) is 0.747. The number of nitrogens with zero attached hydrogens (tertiary/aromatic N) is 4. The van der Waals surface area contributed by atoms with Gasteiger partial charge in [-0.3, -0.25) is 9.67 Å². The van der Waals surface area contributed by atoms with E-state index in [0.717, 1.165) is 38.2 Å². The number of anilines is 1. The highest BCUT2D eigenvalue weighted by molar-refractivity contribution is 5.56. The number of hydrogen-bond acceptors (Lipinski definition) is 4. The fraction of sp³-hybridized carbons (Fsp3) is 0.615. The average Bonchev–Trinajstić information content (AvgIpc) is 2.77. The number of aromatic nitrogens is 2. The van der Waals surface area contributed by atoms with E-state index in [1.54, 1.807) is 16.9 Å². The molecule has 0 bridgehead atoms. The van der Waals surface area contributed by atoms with Gasteiger partial charge in [-0.25, -0.2) is 0 Å². The van der Waals surface area contributed by atoms with Crippen LogP contribution in [0.1, 0.15) is 39.5 Å². The zero-order chi connectivity index (χ0) is 13.6. The fourth-order valence-electron chi connectivity index (χ4n) is 1.21. The van der Waals surface area contributed by atoms with Gasteiger partial charge < -0.3 is 5.73 Å². The summed E-state index contributed by atoms with van der Waals surface area (Å²) in [5.41, 5.74) is 5.53. The molecule has 0 aliphatic rings. The first-order valence-electron chi connectivity index (χ1n) is 6.38. The van der Waals surface area contributed by atoms with Crippen molar-refractivity contribution in [1.29, 1.82) is 5.26 Å². The Balaban J connectivity index is 0.000000321. The van der Waals surface area contributed by atoms with Gasteiger partial charge in [0.25, 0.3) is 0 Å². The minimum atomic E-state index is 0.626. The lowest BCUT2D eigenvalue weighted by Crippen LogP contribution is -2.02. The lowest BCUT2D eigenvalue weighted by molar-refractivity contribution is 0.611. The van der Waals surface area contributed by atoms with E-state index in [1.165, 1.54) is 0 Å². The van der Waals surface area contributed by atoms with Gasteiger partial charge in [-0.15, -0.1) is 0 Å². The maximum Gasteiger partial charge on any atom is 0.121 e. The third-order valence-corrected chi connectivity index (χ3v) is 2.07. The molecule has 0 aliphatic carbocycles. The average molecular weight is 249 g/mol. The SMILES string of the molecule is CCC=NCCCC#N.CCCn1nccc1N. The van der Waals surface area contributed by atoms with E-state index in [2.05, 4.69) is 23.1 Å². The summed E-state index contributed by atoms with van der Waals surface area (Å²) in [5, 5.41) is 12.1. The molecule has 0 atom stereocenters. The van der Waals surface area contributed by atoms with E-state index in [4.69, 9.17) is 11.0 Å². The van der Waals surface area contributed by atoms with Crippen LogP contribution in [-0.4, -0.2) is 22.5 Å². The molecular formula is C13H23N5. The number of hydrogen-bond donors (Lipinski definition) is 1.